The van der Waals surface area contributed by atoms with E-state index >= 15 is 0 Å². The zero-order chi connectivity index (χ0) is 33.2. The molecule has 5 fully saturated rings. The number of aliphatic hydroxyl groups excluding tert-OH is 6. The van der Waals surface area contributed by atoms with Crippen LogP contribution in [-0.4, -0.2) is 105 Å². The van der Waals surface area contributed by atoms with E-state index in [4.69, 9.17) is 13.7 Å². The lowest BCUT2D eigenvalue weighted by Gasteiger charge is -2.64. The van der Waals surface area contributed by atoms with Crippen molar-refractivity contribution in [2.75, 3.05) is 6.61 Å². The lowest BCUT2D eigenvalue weighted by atomic mass is 9.43. The first-order valence-corrected chi connectivity index (χ1v) is 18.3. The fourth-order valence-corrected chi connectivity index (χ4v) is 11.2. The Morgan fingerprint density at radius 3 is 2.16 bits per heavy atom. The van der Waals surface area contributed by atoms with Crippen LogP contribution in [-0.2, 0) is 24.1 Å². The summed E-state index contributed by atoms with van der Waals surface area (Å²) in [6, 6.07) is 0. The van der Waals surface area contributed by atoms with Gasteiger partial charge in [0.15, 0.2) is 6.29 Å². The molecule has 5 rings (SSSR count). The van der Waals surface area contributed by atoms with Crippen molar-refractivity contribution in [3.63, 3.8) is 0 Å². The molecule has 13 heteroatoms. The Balaban J connectivity index is 1.37. The Morgan fingerprint density at radius 2 is 1.51 bits per heavy atom. The first-order valence-electron chi connectivity index (χ1n) is 16.9. The summed E-state index contributed by atoms with van der Waals surface area (Å²) in [7, 11) is -4.79. The van der Waals surface area contributed by atoms with Crippen molar-refractivity contribution in [2.24, 2.45) is 52.3 Å². The van der Waals surface area contributed by atoms with Gasteiger partial charge in [-0.3, -0.25) is 4.55 Å². The Labute approximate surface area is 267 Å². The molecule has 45 heavy (non-hydrogen) atoms. The number of ether oxygens (including phenoxy) is 2. The summed E-state index contributed by atoms with van der Waals surface area (Å²) in [5, 5.41) is 63.9. The number of hydrogen-bond donors (Lipinski definition) is 7. The van der Waals surface area contributed by atoms with Gasteiger partial charge in [-0.15, -0.1) is 0 Å². The minimum absolute atomic E-state index is 0.00235. The quantitative estimate of drug-likeness (QED) is 0.176. The van der Waals surface area contributed by atoms with Gasteiger partial charge in [-0.2, -0.15) is 8.42 Å². The van der Waals surface area contributed by atoms with E-state index < -0.39 is 76.7 Å². The minimum atomic E-state index is -4.79. The van der Waals surface area contributed by atoms with Crippen LogP contribution in [0.3, 0.4) is 0 Å². The fourth-order valence-electron chi connectivity index (χ4n) is 10.7. The van der Waals surface area contributed by atoms with E-state index in [-0.39, 0.29) is 47.7 Å². The van der Waals surface area contributed by atoms with Gasteiger partial charge in [-0.25, -0.2) is 4.18 Å². The van der Waals surface area contributed by atoms with E-state index in [1.165, 1.54) is 0 Å². The molecule has 0 aromatic heterocycles. The van der Waals surface area contributed by atoms with E-state index in [1.54, 1.807) is 0 Å². The summed E-state index contributed by atoms with van der Waals surface area (Å²) in [6.45, 7) is 10.2. The predicted octanol–water partition coefficient (Wildman–Crippen LogP) is 1.64. The van der Waals surface area contributed by atoms with Crippen LogP contribution in [0.4, 0.5) is 0 Å². The monoisotopic (exact) mass is 664 g/mol. The fraction of sp³-hybridized carbons (Fsp3) is 1.00. The SMILES string of the molecule is CC(C)[C@H](CC[C@@H](C)[C@H]1C[C@H](OS(=O)(=O)O)[C@H]2[C@H]3[C@H](O)[C@H](O)[C@H]4C[C@@H](O)CC[C@]4(C)[C@H]3CC[C@@]21C)O[C@@H]1OC[C@@H](O)[C@H](O)[C@H]1O. The van der Waals surface area contributed by atoms with Gasteiger partial charge in [0.25, 0.3) is 0 Å². The van der Waals surface area contributed by atoms with Gasteiger partial charge < -0.3 is 40.1 Å². The highest BCUT2D eigenvalue weighted by Crippen LogP contribution is 2.69. The number of rotatable bonds is 9. The van der Waals surface area contributed by atoms with Crippen molar-refractivity contribution in [1.29, 1.82) is 0 Å². The molecule has 4 aliphatic carbocycles. The summed E-state index contributed by atoms with van der Waals surface area (Å²) >= 11 is 0. The average Bonchev–Trinajstić information content (AvgIpc) is 3.24. The number of fused-ring (bicyclic) bond motifs is 5. The van der Waals surface area contributed by atoms with Crippen LogP contribution >= 0.6 is 0 Å². The molecule has 0 aromatic carbocycles. The second-order valence-corrected chi connectivity index (χ2v) is 17.0. The van der Waals surface area contributed by atoms with Crippen LogP contribution in [0.25, 0.3) is 0 Å². The molecule has 12 nitrogen and oxygen atoms in total. The molecule has 0 bridgehead atoms. The molecular formula is C32H56O12S. The van der Waals surface area contributed by atoms with Crippen LogP contribution in [0.2, 0.25) is 0 Å². The third-order valence-electron chi connectivity index (χ3n) is 13.1. The van der Waals surface area contributed by atoms with Gasteiger partial charge in [0.2, 0.25) is 0 Å². The van der Waals surface area contributed by atoms with Crippen molar-refractivity contribution < 1.29 is 57.3 Å². The third-order valence-corrected chi connectivity index (χ3v) is 13.6. The minimum Gasteiger partial charge on any atom is -0.393 e. The van der Waals surface area contributed by atoms with Gasteiger partial charge in [-0.05, 0) is 104 Å². The zero-order valence-electron chi connectivity index (χ0n) is 27.2. The van der Waals surface area contributed by atoms with E-state index in [2.05, 4.69) is 20.8 Å². The summed E-state index contributed by atoms with van der Waals surface area (Å²) in [5.74, 6) is -1.01. The topological polar surface area (TPSA) is 203 Å². The molecule has 1 aliphatic heterocycles. The normalized spacial score (nSPS) is 50.0. The number of hydrogen-bond acceptors (Lipinski definition) is 11. The Morgan fingerprint density at radius 1 is 0.844 bits per heavy atom. The van der Waals surface area contributed by atoms with E-state index in [1.807, 2.05) is 13.8 Å². The van der Waals surface area contributed by atoms with Crippen LogP contribution in [0.1, 0.15) is 86.0 Å². The largest absolute Gasteiger partial charge is 0.397 e. The smallest absolute Gasteiger partial charge is 0.393 e. The van der Waals surface area contributed by atoms with Crippen molar-refractivity contribution >= 4 is 10.4 Å². The molecule has 1 saturated heterocycles. The van der Waals surface area contributed by atoms with Crippen LogP contribution in [0, 0.1) is 52.3 Å². The summed E-state index contributed by atoms with van der Waals surface area (Å²) < 4.78 is 51.1. The van der Waals surface area contributed by atoms with E-state index in [9.17, 15) is 43.6 Å². The Hall–Kier alpha value is -0.450. The summed E-state index contributed by atoms with van der Waals surface area (Å²) in [4.78, 5) is 0. The second kappa shape index (κ2) is 13.1. The molecule has 17 atom stereocenters. The standard InChI is InChI=1S/C32H56O12S/c1-15(2)22(43-30-29(38)27(36)21(34)14-42-30)7-6-16(3)19-13-23(44-45(39,40)41)25-24-18(9-11-32(19,25)5)31(4)10-8-17(33)12-20(31)26(35)28(24)37/h15-30,33-38H,6-14H2,1-5H3,(H,39,40,41)/t16-,17+,18+,19-,20-,21-,22+,23+,24+,25+,26-,27+,28+,29-,30+,31-,32-/m1/s1. The molecule has 0 radical (unpaired) electrons. The maximum absolute atomic E-state index is 12.1. The summed E-state index contributed by atoms with van der Waals surface area (Å²) in [5.41, 5.74) is -0.765. The Kier molecular flexibility index (Phi) is 10.4. The van der Waals surface area contributed by atoms with E-state index in [0.717, 1.165) is 12.8 Å². The van der Waals surface area contributed by atoms with Gasteiger partial charge in [0.1, 0.15) is 18.3 Å². The third kappa shape index (κ3) is 6.62. The van der Waals surface area contributed by atoms with Crippen molar-refractivity contribution in [1.82, 2.24) is 0 Å². The lowest BCUT2D eigenvalue weighted by Crippen LogP contribution is -2.65. The maximum atomic E-state index is 12.1. The van der Waals surface area contributed by atoms with Gasteiger partial charge in [-0.1, -0.05) is 34.6 Å². The second-order valence-electron chi connectivity index (χ2n) is 15.9. The zero-order valence-corrected chi connectivity index (χ0v) is 28.0. The first-order chi connectivity index (χ1) is 20.9. The van der Waals surface area contributed by atoms with Crippen LogP contribution in [0.5, 0.6) is 0 Å². The molecular weight excluding hydrogens is 608 g/mol. The van der Waals surface area contributed by atoms with Gasteiger partial charge >= 0.3 is 10.4 Å². The highest BCUT2D eigenvalue weighted by Gasteiger charge is 2.68. The molecule has 0 spiro atoms. The predicted molar refractivity (Wildman–Crippen MR) is 162 cm³/mol. The van der Waals surface area contributed by atoms with E-state index in [0.29, 0.717) is 38.5 Å². The van der Waals surface area contributed by atoms with Crippen molar-refractivity contribution in [3.05, 3.63) is 0 Å². The van der Waals surface area contributed by atoms with Crippen molar-refractivity contribution in [3.8, 4) is 0 Å². The molecule has 7 N–H and O–H groups in total. The molecule has 262 valence electrons. The van der Waals surface area contributed by atoms with Gasteiger partial charge in [0.05, 0.1) is 37.1 Å². The van der Waals surface area contributed by atoms with Crippen molar-refractivity contribution in [2.45, 2.75) is 141 Å². The first kappa shape index (κ1) is 35.8. The van der Waals surface area contributed by atoms with Crippen LogP contribution < -0.4 is 0 Å². The molecule has 0 unspecified atom stereocenters. The summed E-state index contributed by atoms with van der Waals surface area (Å²) in [6.07, 6.45) is -3.91. The van der Waals surface area contributed by atoms with Crippen LogP contribution in [0.15, 0.2) is 0 Å². The molecule has 5 aliphatic rings. The average molecular weight is 665 g/mol. The molecule has 1 heterocycles. The molecule has 0 amide bonds. The maximum Gasteiger partial charge on any atom is 0.397 e. The molecule has 0 aromatic rings. The number of aliphatic hydroxyl groups is 6. The highest BCUT2D eigenvalue weighted by atomic mass is 32.3. The Bertz CT molecular complexity index is 1140. The van der Waals surface area contributed by atoms with Gasteiger partial charge in [0, 0.05) is 0 Å². The lowest BCUT2D eigenvalue weighted by molar-refractivity contribution is -0.286. The molecule has 4 saturated carbocycles. The highest BCUT2D eigenvalue weighted by molar-refractivity contribution is 7.80.